The molecule has 1 amide bonds. The third kappa shape index (κ3) is 7.33. The van der Waals surface area contributed by atoms with Gasteiger partial charge in [-0.2, -0.15) is 0 Å². The Balaban J connectivity index is 4.33. The van der Waals surface area contributed by atoms with Crippen LogP contribution in [0, 0.1) is 0 Å². The molecule has 0 unspecified atom stereocenters. The number of amides is 1. The maximum Gasteiger partial charge on any atom is 0.307 e. The predicted molar refractivity (Wildman–Crippen MR) is 67.5 cm³/mol. The fourth-order valence-corrected chi connectivity index (χ4v) is 1.24. The van der Waals surface area contributed by atoms with Crippen molar-refractivity contribution in [3.05, 3.63) is 24.3 Å². The maximum atomic E-state index is 11.8. The molecular weight excluding hydrogens is 218 g/mol. The van der Waals surface area contributed by atoms with Gasteiger partial charge in [0.15, 0.2) is 0 Å². The topological polar surface area (TPSA) is 46.6 Å². The van der Waals surface area contributed by atoms with Crippen LogP contribution < -0.4 is 0 Å². The molecule has 0 aliphatic carbocycles. The van der Waals surface area contributed by atoms with Gasteiger partial charge in [-0.3, -0.25) is 9.59 Å². The molecule has 0 aromatic heterocycles. The van der Waals surface area contributed by atoms with Crippen molar-refractivity contribution in [3.63, 3.8) is 0 Å². The summed E-state index contributed by atoms with van der Waals surface area (Å²) < 4.78 is 4.81. The Kier molecular flexibility index (Phi) is 7.76. The standard InChI is InChI=1S/C13H21NO3/c1-5-8-14(12(15)10-11(3)4)9-7-13(16)17-6-2/h5,10H,1,6-9H2,2-4H3. The van der Waals surface area contributed by atoms with Gasteiger partial charge in [0.05, 0.1) is 13.0 Å². The smallest absolute Gasteiger partial charge is 0.307 e. The second-order valence-electron chi connectivity index (χ2n) is 3.85. The number of nitrogens with zero attached hydrogens (tertiary/aromatic N) is 1. The van der Waals surface area contributed by atoms with Crippen molar-refractivity contribution in [3.8, 4) is 0 Å². The van der Waals surface area contributed by atoms with E-state index in [2.05, 4.69) is 6.58 Å². The van der Waals surface area contributed by atoms with Crippen molar-refractivity contribution >= 4 is 11.9 Å². The molecule has 0 aromatic rings. The van der Waals surface area contributed by atoms with Gasteiger partial charge in [0.1, 0.15) is 0 Å². The molecule has 0 aromatic carbocycles. The van der Waals surface area contributed by atoms with E-state index in [1.807, 2.05) is 13.8 Å². The third-order valence-corrected chi connectivity index (χ3v) is 1.96. The monoisotopic (exact) mass is 239 g/mol. The summed E-state index contributed by atoms with van der Waals surface area (Å²) in [6.45, 7) is 10.2. The molecule has 0 aliphatic rings. The molecule has 0 rings (SSSR count). The zero-order valence-electron chi connectivity index (χ0n) is 10.9. The number of hydrogen-bond donors (Lipinski definition) is 0. The highest BCUT2D eigenvalue weighted by Crippen LogP contribution is 1.99. The van der Waals surface area contributed by atoms with Crippen molar-refractivity contribution < 1.29 is 14.3 Å². The zero-order valence-corrected chi connectivity index (χ0v) is 10.9. The molecule has 4 nitrogen and oxygen atoms in total. The summed E-state index contributed by atoms with van der Waals surface area (Å²) in [5, 5.41) is 0. The SMILES string of the molecule is C=CCN(CCC(=O)OCC)C(=O)C=C(C)C. The van der Waals surface area contributed by atoms with Gasteiger partial charge in [-0.05, 0) is 20.8 Å². The highest BCUT2D eigenvalue weighted by Gasteiger charge is 2.11. The summed E-state index contributed by atoms with van der Waals surface area (Å²) in [6, 6.07) is 0. The molecular formula is C13H21NO3. The first-order valence-electron chi connectivity index (χ1n) is 5.71. The molecule has 0 fully saturated rings. The molecule has 0 heterocycles. The van der Waals surface area contributed by atoms with E-state index < -0.39 is 0 Å². The van der Waals surface area contributed by atoms with Crippen molar-refractivity contribution in [2.75, 3.05) is 19.7 Å². The number of esters is 1. The molecule has 17 heavy (non-hydrogen) atoms. The van der Waals surface area contributed by atoms with Crippen LogP contribution in [0.3, 0.4) is 0 Å². The quantitative estimate of drug-likeness (QED) is 0.387. The number of carbonyl (C=O) groups excluding carboxylic acids is 2. The number of ether oxygens (including phenoxy) is 1. The number of rotatable bonds is 7. The molecule has 0 aliphatic heterocycles. The summed E-state index contributed by atoms with van der Waals surface area (Å²) >= 11 is 0. The van der Waals surface area contributed by atoms with Crippen molar-refractivity contribution in [1.82, 2.24) is 4.90 Å². The molecule has 96 valence electrons. The van der Waals surface area contributed by atoms with Crippen LogP contribution >= 0.6 is 0 Å². The van der Waals surface area contributed by atoms with Gasteiger partial charge in [0.25, 0.3) is 0 Å². The lowest BCUT2D eigenvalue weighted by atomic mass is 10.3. The van der Waals surface area contributed by atoms with Gasteiger partial charge in [-0.25, -0.2) is 0 Å². The van der Waals surface area contributed by atoms with Crippen LogP contribution in [0.25, 0.3) is 0 Å². The van der Waals surface area contributed by atoms with E-state index in [-0.39, 0.29) is 18.3 Å². The van der Waals surface area contributed by atoms with E-state index in [0.29, 0.717) is 19.7 Å². The first-order valence-corrected chi connectivity index (χ1v) is 5.71. The van der Waals surface area contributed by atoms with E-state index in [1.165, 1.54) is 0 Å². The van der Waals surface area contributed by atoms with Crippen LogP contribution in [0.4, 0.5) is 0 Å². The van der Waals surface area contributed by atoms with E-state index in [4.69, 9.17) is 4.74 Å². The van der Waals surface area contributed by atoms with Gasteiger partial charge in [-0.15, -0.1) is 6.58 Å². The van der Waals surface area contributed by atoms with Crippen LogP contribution in [0.15, 0.2) is 24.3 Å². The normalized spacial score (nSPS) is 9.35. The predicted octanol–water partition coefficient (Wildman–Crippen LogP) is 1.92. The Hall–Kier alpha value is -1.58. The lowest BCUT2D eigenvalue weighted by Gasteiger charge is -2.19. The molecule has 0 radical (unpaired) electrons. The van der Waals surface area contributed by atoms with Gasteiger partial charge >= 0.3 is 5.97 Å². The van der Waals surface area contributed by atoms with E-state index in [1.54, 1.807) is 24.0 Å². The summed E-state index contributed by atoms with van der Waals surface area (Å²) in [7, 11) is 0. The molecule has 0 atom stereocenters. The Morgan fingerprint density at radius 2 is 2.00 bits per heavy atom. The summed E-state index contributed by atoms with van der Waals surface area (Å²) in [4.78, 5) is 24.5. The Morgan fingerprint density at radius 1 is 1.35 bits per heavy atom. The average molecular weight is 239 g/mol. The van der Waals surface area contributed by atoms with Gasteiger partial charge < -0.3 is 9.64 Å². The molecule has 4 heteroatoms. The zero-order chi connectivity index (χ0) is 13.3. The molecule has 0 saturated heterocycles. The van der Waals surface area contributed by atoms with Crippen LogP contribution in [-0.4, -0.2) is 36.5 Å². The highest BCUT2D eigenvalue weighted by molar-refractivity contribution is 5.88. The summed E-state index contributed by atoms with van der Waals surface area (Å²) in [6.07, 6.45) is 3.40. The molecule has 0 bridgehead atoms. The van der Waals surface area contributed by atoms with Crippen LogP contribution in [0.1, 0.15) is 27.2 Å². The van der Waals surface area contributed by atoms with Gasteiger partial charge in [0, 0.05) is 19.2 Å². The number of carbonyl (C=O) groups is 2. The van der Waals surface area contributed by atoms with Gasteiger partial charge in [0.2, 0.25) is 5.91 Å². The lowest BCUT2D eigenvalue weighted by molar-refractivity contribution is -0.143. The minimum atomic E-state index is -0.286. The Morgan fingerprint density at radius 3 is 2.47 bits per heavy atom. The highest BCUT2D eigenvalue weighted by atomic mass is 16.5. The van der Waals surface area contributed by atoms with Crippen molar-refractivity contribution in [2.45, 2.75) is 27.2 Å². The van der Waals surface area contributed by atoms with Crippen LogP contribution in [0.2, 0.25) is 0 Å². The molecule has 0 saturated carbocycles. The van der Waals surface area contributed by atoms with Crippen molar-refractivity contribution in [2.24, 2.45) is 0 Å². The van der Waals surface area contributed by atoms with Crippen LogP contribution in [0.5, 0.6) is 0 Å². The molecule has 0 spiro atoms. The fraction of sp³-hybridized carbons (Fsp3) is 0.538. The largest absolute Gasteiger partial charge is 0.466 e. The van der Waals surface area contributed by atoms with Gasteiger partial charge in [-0.1, -0.05) is 11.6 Å². The van der Waals surface area contributed by atoms with Crippen molar-refractivity contribution in [1.29, 1.82) is 0 Å². The van der Waals surface area contributed by atoms with E-state index >= 15 is 0 Å². The Bertz CT molecular complexity index is 304. The lowest BCUT2D eigenvalue weighted by Crippen LogP contribution is -2.32. The minimum Gasteiger partial charge on any atom is -0.466 e. The Labute approximate surface area is 103 Å². The summed E-state index contributed by atoms with van der Waals surface area (Å²) in [5.41, 5.74) is 0.931. The summed E-state index contributed by atoms with van der Waals surface area (Å²) in [5.74, 6) is -0.388. The average Bonchev–Trinajstić information content (AvgIpc) is 2.23. The fourth-order valence-electron chi connectivity index (χ4n) is 1.24. The second-order valence-corrected chi connectivity index (χ2v) is 3.85. The molecule has 0 N–H and O–H groups in total. The minimum absolute atomic E-state index is 0.103. The maximum absolute atomic E-state index is 11.8. The third-order valence-electron chi connectivity index (χ3n) is 1.96. The first kappa shape index (κ1) is 15.4. The van der Waals surface area contributed by atoms with E-state index in [0.717, 1.165) is 5.57 Å². The number of allylic oxidation sites excluding steroid dienone is 1. The van der Waals surface area contributed by atoms with E-state index in [9.17, 15) is 9.59 Å². The number of hydrogen-bond acceptors (Lipinski definition) is 3. The first-order chi connectivity index (χ1) is 8.01. The second kappa shape index (κ2) is 8.56. The van der Waals surface area contributed by atoms with Crippen LogP contribution in [-0.2, 0) is 14.3 Å².